The molecule has 0 amide bonds. The fourth-order valence-corrected chi connectivity index (χ4v) is 8.77. The van der Waals surface area contributed by atoms with E-state index in [1.807, 2.05) is 47.2 Å². The van der Waals surface area contributed by atoms with Gasteiger partial charge in [-0.2, -0.15) is 132 Å². The van der Waals surface area contributed by atoms with Gasteiger partial charge in [0.1, 0.15) is 6.15 Å². The van der Waals surface area contributed by atoms with Crippen molar-refractivity contribution >= 4 is 34.0 Å². The molecule has 1 heterocycles. The van der Waals surface area contributed by atoms with E-state index in [1.54, 1.807) is 0 Å². The fraction of sp³-hybridized carbons (Fsp3) is 0.321. The van der Waals surface area contributed by atoms with Gasteiger partial charge in [0.2, 0.25) is 0 Å². The first kappa shape index (κ1) is 64.9. The highest BCUT2D eigenvalue weighted by Gasteiger charge is 2.47. The Morgan fingerprint density at radius 2 is 0.667 bits per heavy atom. The third-order valence-corrected chi connectivity index (χ3v) is 12.5. The highest BCUT2D eigenvalue weighted by Crippen LogP contribution is 2.41. The van der Waals surface area contributed by atoms with Crippen LogP contribution in [0.25, 0.3) is 0 Å². The molecule has 81 heavy (non-hydrogen) atoms. The second-order valence-corrected chi connectivity index (χ2v) is 18.3. The number of hydrogen-bond donors (Lipinski definition) is 0. The Balaban J connectivity index is 0.000000416. The summed E-state index contributed by atoms with van der Waals surface area (Å²) >= 11 is 0. The third-order valence-electron chi connectivity index (χ3n) is 12.5. The van der Waals surface area contributed by atoms with Crippen molar-refractivity contribution in [3.05, 3.63) is 183 Å². The van der Waals surface area contributed by atoms with E-state index in [2.05, 4.69) is 19.1 Å². The molecule has 28 heteroatoms. The molecule has 5 aromatic carbocycles. The molecule has 0 bridgehead atoms. The van der Waals surface area contributed by atoms with Crippen molar-refractivity contribution in [2.45, 2.75) is 101 Å². The fourth-order valence-electron chi connectivity index (χ4n) is 8.77. The monoisotopic (exact) mass is 1190 g/mol. The van der Waals surface area contributed by atoms with Crippen LogP contribution in [-0.2, 0) is 60.7 Å². The molecule has 0 radical (unpaired) electrons. The van der Waals surface area contributed by atoms with Gasteiger partial charge in [0.05, 0.1) is 51.1 Å². The molecular formula is C53H40BF24NO2. The Hall–Kier alpha value is -6.90. The molecule has 0 aliphatic rings. The van der Waals surface area contributed by atoms with Crippen molar-refractivity contribution in [1.29, 1.82) is 0 Å². The molecule has 1 aromatic heterocycles. The highest BCUT2D eigenvalue weighted by atomic mass is 19.4. The predicted molar refractivity (Wildman–Crippen MR) is 246 cm³/mol. The van der Waals surface area contributed by atoms with E-state index in [0.717, 1.165) is 12.8 Å². The van der Waals surface area contributed by atoms with E-state index in [1.165, 1.54) is 31.2 Å². The molecule has 440 valence electrons. The number of esters is 1. The molecule has 0 aliphatic heterocycles. The molecule has 0 aliphatic carbocycles. The van der Waals surface area contributed by atoms with Gasteiger partial charge in [-0.05, 0) is 36.8 Å². The van der Waals surface area contributed by atoms with Crippen LogP contribution in [-0.4, -0.2) is 18.7 Å². The maximum atomic E-state index is 14.2. The Morgan fingerprint density at radius 3 is 0.963 bits per heavy atom. The Labute approximate surface area is 444 Å². The number of carbonyl (C=O) groups excluding carboxylic acids is 1. The van der Waals surface area contributed by atoms with Crippen LogP contribution in [0, 0.1) is 0 Å². The van der Waals surface area contributed by atoms with Gasteiger partial charge in [-0.1, -0.05) is 118 Å². The number of aromatic nitrogens is 1. The largest absolute Gasteiger partial charge is 0.458 e. The summed E-state index contributed by atoms with van der Waals surface area (Å²) in [5.41, 5.74) is -28.4. The standard InChI is InChI=1S/C32H12BF24.C21H28NO2/c34-25(35,36)13-1-14(26(37,38)39)6-21(5-13)33(22-7-15(27(40,41)42)2-16(8-22)28(43,44)45,23-9-17(29(46,47)48)3-18(10-23)30(49,50)51)24-11-19(31(52,53)54)4-20(12-24)32(55,56)57;1-2-3-4-5-6-12-17-24-21(23)20-15-10-11-16-22(20)18-19-13-8-7-9-14-19/h1-12H;7-11,13-16H,2-6,12,17-18H2,1H3/q-1;+1. The second-order valence-electron chi connectivity index (χ2n) is 18.3. The maximum Gasteiger partial charge on any atom is 0.416 e. The number of hydrogen-bond acceptors (Lipinski definition) is 2. The van der Waals surface area contributed by atoms with Gasteiger partial charge in [0, 0.05) is 17.7 Å². The summed E-state index contributed by atoms with van der Waals surface area (Å²) in [5.74, 6) is -0.236. The number of carbonyl (C=O) groups is 1. The summed E-state index contributed by atoms with van der Waals surface area (Å²) < 4.78 is 348. The quantitative estimate of drug-likeness (QED) is 0.0358. The number of benzene rings is 5. The van der Waals surface area contributed by atoms with Crippen LogP contribution >= 0.6 is 0 Å². The minimum absolute atomic E-state index is 0.236. The third kappa shape index (κ3) is 16.6. The van der Waals surface area contributed by atoms with Crippen molar-refractivity contribution in [3.63, 3.8) is 0 Å². The number of rotatable bonds is 14. The molecule has 0 fully saturated rings. The lowest BCUT2D eigenvalue weighted by Gasteiger charge is -2.46. The first-order valence-electron chi connectivity index (χ1n) is 23.6. The summed E-state index contributed by atoms with van der Waals surface area (Å²) in [4.78, 5) is 12.3. The number of halogens is 24. The molecule has 3 nitrogen and oxygen atoms in total. The van der Waals surface area contributed by atoms with Crippen molar-refractivity contribution in [2.24, 2.45) is 0 Å². The van der Waals surface area contributed by atoms with Crippen LogP contribution in [0.2, 0.25) is 0 Å². The molecule has 0 N–H and O–H groups in total. The minimum atomic E-state index is -6.13. The van der Waals surface area contributed by atoms with Crippen molar-refractivity contribution < 1.29 is 119 Å². The van der Waals surface area contributed by atoms with Crippen LogP contribution in [0.1, 0.15) is 106 Å². The van der Waals surface area contributed by atoms with Crippen LogP contribution in [0.15, 0.2) is 128 Å². The van der Waals surface area contributed by atoms with Gasteiger partial charge in [-0.15, -0.1) is 0 Å². The van der Waals surface area contributed by atoms with Gasteiger partial charge in [0.15, 0.2) is 12.7 Å². The number of pyridine rings is 1. The van der Waals surface area contributed by atoms with E-state index in [0.29, 0.717) is 18.8 Å². The maximum absolute atomic E-state index is 14.2. The average Bonchev–Trinajstić information content (AvgIpc) is 3.20. The zero-order chi connectivity index (χ0) is 61.0. The molecule has 6 aromatic rings. The van der Waals surface area contributed by atoms with E-state index in [4.69, 9.17) is 4.74 Å². The molecule has 0 unspecified atom stereocenters. The average molecular weight is 1190 g/mol. The summed E-state index contributed by atoms with van der Waals surface area (Å²) in [6.45, 7) is 3.39. The lowest BCUT2D eigenvalue weighted by atomic mass is 9.12. The van der Waals surface area contributed by atoms with Gasteiger partial charge >= 0.3 is 55.4 Å². The Morgan fingerprint density at radius 1 is 0.383 bits per heavy atom. The van der Waals surface area contributed by atoms with Gasteiger partial charge < -0.3 is 4.74 Å². The SMILES string of the molecule is CCCCCCCCOC(=O)c1cccc[n+]1Cc1ccccc1.FC(F)(F)c1cc([B-](c2cc(C(F)(F)F)cc(C(F)(F)F)c2)(c2cc(C(F)(F)F)cc(C(F)(F)F)c2)c2cc(C(F)(F)F)cc(C(F)(F)F)c2)cc(C(F)(F)F)c1. The molecule has 0 saturated carbocycles. The molecule has 0 spiro atoms. The number of nitrogens with zero attached hydrogens (tertiary/aromatic N) is 1. The van der Waals surface area contributed by atoms with Crippen molar-refractivity contribution in [2.75, 3.05) is 6.61 Å². The van der Waals surface area contributed by atoms with Crippen LogP contribution in [0.4, 0.5) is 105 Å². The first-order valence-corrected chi connectivity index (χ1v) is 23.6. The van der Waals surface area contributed by atoms with Gasteiger partial charge in [-0.3, -0.25) is 0 Å². The summed E-state index contributed by atoms with van der Waals surface area (Å²) in [6, 6.07) is 6.97. The summed E-state index contributed by atoms with van der Waals surface area (Å²) in [7, 11) is 0. The second kappa shape index (κ2) is 24.3. The first-order chi connectivity index (χ1) is 37.1. The minimum Gasteiger partial charge on any atom is -0.458 e. The van der Waals surface area contributed by atoms with E-state index < -0.39 is 195 Å². The van der Waals surface area contributed by atoms with Gasteiger partial charge in [-0.25, -0.2) is 4.79 Å². The van der Waals surface area contributed by atoms with Gasteiger partial charge in [0.25, 0.3) is 5.69 Å². The summed E-state index contributed by atoms with van der Waals surface area (Å²) in [6.07, 6.45) is -45.8. The van der Waals surface area contributed by atoms with Crippen LogP contribution < -0.4 is 26.4 Å². The number of alkyl halides is 24. The van der Waals surface area contributed by atoms with E-state index in [-0.39, 0.29) is 5.97 Å². The summed E-state index contributed by atoms with van der Waals surface area (Å²) in [5, 5.41) is 0. The normalized spacial score (nSPS) is 13.2. The van der Waals surface area contributed by atoms with Crippen molar-refractivity contribution in [1.82, 2.24) is 0 Å². The zero-order valence-electron chi connectivity index (χ0n) is 41.2. The lowest BCUT2D eigenvalue weighted by Crippen LogP contribution is -2.75. The highest BCUT2D eigenvalue weighted by molar-refractivity contribution is 7.20. The topological polar surface area (TPSA) is 30.2 Å². The molecule has 0 saturated heterocycles. The molecule has 6 rings (SSSR count). The number of unbranched alkanes of at least 4 members (excludes halogenated alkanes) is 5. The Kier molecular flexibility index (Phi) is 19.5. The van der Waals surface area contributed by atoms with Crippen LogP contribution in [0.3, 0.4) is 0 Å². The molecule has 0 atom stereocenters. The number of ether oxygens (including phenoxy) is 1. The molecular weight excluding hydrogens is 1150 g/mol. The lowest BCUT2D eigenvalue weighted by molar-refractivity contribution is -0.690. The predicted octanol–water partition coefficient (Wildman–Crippen LogP) is 15.8. The van der Waals surface area contributed by atoms with E-state index >= 15 is 0 Å². The van der Waals surface area contributed by atoms with Crippen molar-refractivity contribution in [3.8, 4) is 0 Å². The zero-order valence-corrected chi connectivity index (χ0v) is 41.2. The van der Waals surface area contributed by atoms with Crippen LogP contribution in [0.5, 0.6) is 0 Å². The Bertz CT molecular complexity index is 2680. The smallest absolute Gasteiger partial charge is 0.416 e. The van der Waals surface area contributed by atoms with E-state index in [9.17, 15) is 110 Å².